The van der Waals surface area contributed by atoms with E-state index in [2.05, 4.69) is 15.7 Å². The number of aromatic nitrogens is 2. The molecule has 96 valence electrons. The molecule has 1 unspecified atom stereocenters. The van der Waals surface area contributed by atoms with Gasteiger partial charge in [0, 0.05) is 31.9 Å². The third-order valence-corrected chi connectivity index (χ3v) is 3.13. The average molecular weight is 259 g/mol. The topological polar surface area (TPSA) is 59.0 Å². The van der Waals surface area contributed by atoms with Crippen LogP contribution in [-0.2, 0) is 18.4 Å². The zero-order valence-electron chi connectivity index (χ0n) is 10.2. The van der Waals surface area contributed by atoms with Crippen LogP contribution in [0.15, 0.2) is 12.4 Å². The first kappa shape index (κ1) is 14.0. The van der Waals surface area contributed by atoms with E-state index >= 15 is 0 Å². The van der Waals surface area contributed by atoms with E-state index in [9.17, 15) is 4.79 Å². The van der Waals surface area contributed by atoms with Crippen LogP contribution in [0.1, 0.15) is 18.9 Å². The van der Waals surface area contributed by atoms with Gasteiger partial charge in [0.25, 0.3) is 0 Å². The Kier molecular flexibility index (Phi) is 4.54. The number of rotatable bonds is 3. The Morgan fingerprint density at radius 1 is 1.71 bits per heavy atom. The number of hydrogen-bond acceptors (Lipinski definition) is 3. The number of carbonyl (C=O) groups excluding carboxylic acids is 1. The highest BCUT2D eigenvalue weighted by atomic mass is 35.5. The SMILES string of the molecule is Cl.Cn1cc(CNC(=O)C2(C)CCNC2)cn1. The van der Waals surface area contributed by atoms with Gasteiger partial charge in [-0.05, 0) is 19.9 Å². The summed E-state index contributed by atoms with van der Waals surface area (Å²) in [5, 5.41) is 10.2. The van der Waals surface area contributed by atoms with Gasteiger partial charge in [-0.25, -0.2) is 0 Å². The molecule has 1 atom stereocenters. The number of carbonyl (C=O) groups is 1. The van der Waals surface area contributed by atoms with Crippen molar-refractivity contribution in [2.45, 2.75) is 19.9 Å². The second kappa shape index (κ2) is 5.51. The molecule has 17 heavy (non-hydrogen) atoms. The minimum Gasteiger partial charge on any atom is -0.351 e. The van der Waals surface area contributed by atoms with Crippen LogP contribution < -0.4 is 10.6 Å². The number of halogens is 1. The minimum atomic E-state index is -0.248. The molecule has 0 radical (unpaired) electrons. The fourth-order valence-corrected chi connectivity index (χ4v) is 1.97. The Morgan fingerprint density at radius 2 is 2.47 bits per heavy atom. The fraction of sp³-hybridized carbons (Fsp3) is 0.636. The van der Waals surface area contributed by atoms with E-state index in [-0.39, 0.29) is 23.7 Å². The van der Waals surface area contributed by atoms with Gasteiger partial charge in [0.05, 0.1) is 11.6 Å². The zero-order valence-corrected chi connectivity index (χ0v) is 11.0. The molecule has 1 amide bonds. The maximum atomic E-state index is 12.0. The third-order valence-electron chi connectivity index (χ3n) is 3.13. The number of nitrogens with one attached hydrogen (secondary N) is 2. The maximum absolute atomic E-state index is 12.0. The van der Waals surface area contributed by atoms with E-state index < -0.39 is 0 Å². The lowest BCUT2D eigenvalue weighted by Gasteiger charge is -2.21. The van der Waals surface area contributed by atoms with Gasteiger partial charge in [0.15, 0.2) is 0 Å². The summed E-state index contributed by atoms with van der Waals surface area (Å²) in [7, 11) is 1.87. The van der Waals surface area contributed by atoms with Gasteiger partial charge < -0.3 is 10.6 Å². The lowest BCUT2D eigenvalue weighted by Crippen LogP contribution is -2.39. The molecule has 5 nitrogen and oxygen atoms in total. The van der Waals surface area contributed by atoms with Crippen LogP contribution in [-0.4, -0.2) is 28.8 Å². The Morgan fingerprint density at radius 3 is 3.00 bits per heavy atom. The first-order valence-electron chi connectivity index (χ1n) is 5.57. The summed E-state index contributed by atoms with van der Waals surface area (Å²) in [6.45, 7) is 4.26. The first-order valence-corrected chi connectivity index (χ1v) is 5.57. The monoisotopic (exact) mass is 258 g/mol. The molecule has 1 aromatic heterocycles. The van der Waals surface area contributed by atoms with Gasteiger partial charge >= 0.3 is 0 Å². The molecule has 0 saturated carbocycles. The van der Waals surface area contributed by atoms with Crippen molar-refractivity contribution in [2.75, 3.05) is 13.1 Å². The van der Waals surface area contributed by atoms with Crippen LogP contribution in [0.2, 0.25) is 0 Å². The van der Waals surface area contributed by atoms with Crippen LogP contribution in [0.3, 0.4) is 0 Å². The van der Waals surface area contributed by atoms with Crippen molar-refractivity contribution in [1.82, 2.24) is 20.4 Å². The largest absolute Gasteiger partial charge is 0.351 e. The van der Waals surface area contributed by atoms with Gasteiger partial charge in [0.2, 0.25) is 5.91 Å². The van der Waals surface area contributed by atoms with Crippen molar-refractivity contribution in [3.8, 4) is 0 Å². The Balaban J connectivity index is 0.00000144. The molecule has 0 spiro atoms. The minimum absolute atomic E-state index is 0. The summed E-state index contributed by atoms with van der Waals surface area (Å²) in [6, 6.07) is 0. The molecule has 0 aromatic carbocycles. The van der Waals surface area contributed by atoms with Gasteiger partial charge in [-0.3, -0.25) is 9.48 Å². The fourth-order valence-electron chi connectivity index (χ4n) is 1.97. The summed E-state index contributed by atoms with van der Waals surface area (Å²) in [6.07, 6.45) is 4.59. The standard InChI is InChI=1S/C11H18N4O.ClH/c1-11(3-4-12-8-11)10(16)13-5-9-6-14-15(2)7-9;/h6-7,12H,3-5,8H2,1-2H3,(H,13,16);1H. The number of hydrogen-bond donors (Lipinski definition) is 2. The van der Waals surface area contributed by atoms with Gasteiger partial charge in [-0.2, -0.15) is 5.10 Å². The first-order chi connectivity index (χ1) is 7.60. The van der Waals surface area contributed by atoms with Gasteiger partial charge in [-0.1, -0.05) is 0 Å². The maximum Gasteiger partial charge on any atom is 0.227 e. The second-order valence-electron chi connectivity index (χ2n) is 4.69. The summed E-state index contributed by atoms with van der Waals surface area (Å²) in [5.41, 5.74) is 0.785. The molecule has 1 aliphatic heterocycles. The molecule has 0 bridgehead atoms. The molecule has 2 heterocycles. The normalized spacial score (nSPS) is 23.2. The molecule has 6 heteroatoms. The third kappa shape index (κ3) is 3.20. The number of aryl methyl sites for hydroxylation is 1. The van der Waals surface area contributed by atoms with E-state index in [1.807, 2.05) is 20.2 Å². The highest BCUT2D eigenvalue weighted by Crippen LogP contribution is 2.24. The lowest BCUT2D eigenvalue weighted by molar-refractivity contribution is -0.129. The molecule has 1 aliphatic rings. The van der Waals surface area contributed by atoms with E-state index in [0.717, 1.165) is 25.1 Å². The molecule has 2 rings (SSSR count). The van der Waals surface area contributed by atoms with Gasteiger partial charge in [0.1, 0.15) is 0 Å². The average Bonchev–Trinajstić information content (AvgIpc) is 2.85. The lowest BCUT2D eigenvalue weighted by atomic mass is 9.89. The molecule has 0 aliphatic carbocycles. The number of amides is 1. The number of nitrogens with zero attached hydrogens (tertiary/aromatic N) is 2. The molecule has 2 N–H and O–H groups in total. The van der Waals surface area contributed by atoms with E-state index in [1.165, 1.54) is 0 Å². The Bertz CT molecular complexity index is 385. The van der Waals surface area contributed by atoms with Gasteiger partial charge in [-0.15, -0.1) is 12.4 Å². The highest BCUT2D eigenvalue weighted by Gasteiger charge is 2.35. The van der Waals surface area contributed by atoms with E-state index in [4.69, 9.17) is 0 Å². The molecule has 1 aromatic rings. The van der Waals surface area contributed by atoms with Crippen molar-refractivity contribution in [1.29, 1.82) is 0 Å². The van der Waals surface area contributed by atoms with Crippen LogP contribution in [0, 0.1) is 5.41 Å². The van der Waals surface area contributed by atoms with Crippen LogP contribution in [0.5, 0.6) is 0 Å². The van der Waals surface area contributed by atoms with Crippen molar-refractivity contribution in [2.24, 2.45) is 12.5 Å². The highest BCUT2D eigenvalue weighted by molar-refractivity contribution is 5.85. The van der Waals surface area contributed by atoms with Crippen molar-refractivity contribution in [3.63, 3.8) is 0 Å². The van der Waals surface area contributed by atoms with Crippen molar-refractivity contribution >= 4 is 18.3 Å². The summed E-state index contributed by atoms with van der Waals surface area (Å²) >= 11 is 0. The molecule has 1 fully saturated rings. The summed E-state index contributed by atoms with van der Waals surface area (Å²) in [5.74, 6) is 0.126. The quantitative estimate of drug-likeness (QED) is 0.828. The molecular weight excluding hydrogens is 240 g/mol. The van der Waals surface area contributed by atoms with Crippen LogP contribution in [0.25, 0.3) is 0 Å². The predicted molar refractivity (Wildman–Crippen MR) is 67.9 cm³/mol. The summed E-state index contributed by atoms with van der Waals surface area (Å²) in [4.78, 5) is 12.0. The van der Waals surface area contributed by atoms with Crippen molar-refractivity contribution in [3.05, 3.63) is 18.0 Å². The smallest absolute Gasteiger partial charge is 0.227 e. The van der Waals surface area contributed by atoms with Crippen LogP contribution >= 0.6 is 12.4 Å². The molecule has 1 saturated heterocycles. The Hall–Kier alpha value is -1.07. The molecular formula is C11H19ClN4O. The van der Waals surface area contributed by atoms with Crippen molar-refractivity contribution < 1.29 is 4.79 Å². The zero-order chi connectivity index (χ0) is 11.6. The Labute approximate surface area is 107 Å². The van der Waals surface area contributed by atoms with E-state index in [1.54, 1.807) is 10.9 Å². The second-order valence-corrected chi connectivity index (χ2v) is 4.69. The summed E-state index contributed by atoms with van der Waals surface area (Å²) < 4.78 is 1.74. The van der Waals surface area contributed by atoms with Crippen LogP contribution in [0.4, 0.5) is 0 Å². The predicted octanol–water partition coefficient (Wildman–Crippen LogP) is 0.458. The van der Waals surface area contributed by atoms with E-state index in [0.29, 0.717) is 6.54 Å².